The molecule has 3 nitrogen and oxygen atoms in total. The maximum Gasteiger partial charge on any atom is 0.222 e. The van der Waals surface area contributed by atoms with Crippen LogP contribution in [-0.4, -0.2) is 30.9 Å². The number of hydrogen-bond acceptors (Lipinski definition) is 2. The molecule has 0 bridgehead atoms. The van der Waals surface area contributed by atoms with Gasteiger partial charge in [0, 0.05) is 20.0 Å². The van der Waals surface area contributed by atoms with Crippen LogP contribution in [0.3, 0.4) is 0 Å². The second-order valence-corrected chi connectivity index (χ2v) is 4.96. The van der Waals surface area contributed by atoms with Gasteiger partial charge in [-0.15, -0.1) is 0 Å². The van der Waals surface area contributed by atoms with Crippen LogP contribution >= 0.6 is 0 Å². The highest BCUT2D eigenvalue weighted by Gasteiger charge is 2.21. The third kappa shape index (κ3) is 3.30. The van der Waals surface area contributed by atoms with E-state index >= 15 is 0 Å². The van der Waals surface area contributed by atoms with Gasteiger partial charge in [-0.1, -0.05) is 29.8 Å². The molecule has 1 aromatic carbocycles. The summed E-state index contributed by atoms with van der Waals surface area (Å²) in [7, 11) is 1.88. The topological polar surface area (TPSA) is 32.3 Å². The van der Waals surface area contributed by atoms with Crippen LogP contribution in [0.25, 0.3) is 0 Å². The molecule has 0 saturated carbocycles. The summed E-state index contributed by atoms with van der Waals surface area (Å²) in [5.41, 5.74) is 2.45. The molecule has 1 saturated heterocycles. The summed E-state index contributed by atoms with van der Waals surface area (Å²) in [6.07, 6.45) is 0.676. The normalized spacial score (nSPS) is 15.4. The van der Waals surface area contributed by atoms with Gasteiger partial charge in [0.05, 0.1) is 0 Å². The molecule has 2 rings (SSSR count). The van der Waals surface area contributed by atoms with Gasteiger partial charge in [-0.05, 0) is 31.5 Å². The second-order valence-electron chi connectivity index (χ2n) is 4.96. The van der Waals surface area contributed by atoms with Gasteiger partial charge in [-0.25, -0.2) is 0 Å². The summed E-state index contributed by atoms with van der Waals surface area (Å²) in [4.78, 5) is 13.7. The van der Waals surface area contributed by atoms with Crippen molar-refractivity contribution in [2.75, 3.05) is 20.1 Å². The van der Waals surface area contributed by atoms with Crippen LogP contribution in [0.4, 0.5) is 0 Å². The zero-order chi connectivity index (χ0) is 12.3. The molecule has 1 aliphatic heterocycles. The smallest absolute Gasteiger partial charge is 0.222 e. The summed E-state index contributed by atoms with van der Waals surface area (Å²) in [6, 6.07) is 8.35. The first-order valence-corrected chi connectivity index (χ1v) is 6.15. The van der Waals surface area contributed by atoms with Crippen LogP contribution in [0.1, 0.15) is 17.5 Å². The molecule has 1 aliphatic rings. The lowest BCUT2D eigenvalue weighted by Crippen LogP contribution is -2.44. The van der Waals surface area contributed by atoms with Gasteiger partial charge in [-0.2, -0.15) is 0 Å². The Kier molecular flexibility index (Phi) is 3.79. The zero-order valence-corrected chi connectivity index (χ0v) is 10.6. The first-order chi connectivity index (χ1) is 8.15. The Morgan fingerprint density at radius 3 is 2.53 bits per heavy atom. The van der Waals surface area contributed by atoms with Crippen LogP contribution in [0.15, 0.2) is 24.3 Å². The predicted molar refractivity (Wildman–Crippen MR) is 68.6 cm³/mol. The van der Waals surface area contributed by atoms with Crippen molar-refractivity contribution in [1.29, 1.82) is 0 Å². The van der Waals surface area contributed by atoms with Crippen molar-refractivity contribution in [3.05, 3.63) is 35.4 Å². The molecule has 3 heteroatoms. The Morgan fingerprint density at radius 2 is 2.00 bits per heavy atom. The van der Waals surface area contributed by atoms with Crippen molar-refractivity contribution in [2.24, 2.45) is 5.92 Å². The molecule has 17 heavy (non-hydrogen) atoms. The molecule has 1 heterocycles. The fraction of sp³-hybridized carbons (Fsp3) is 0.500. The maximum atomic E-state index is 11.9. The number of amides is 1. The Balaban J connectivity index is 1.84. The lowest BCUT2D eigenvalue weighted by Gasteiger charge is -2.28. The van der Waals surface area contributed by atoms with E-state index < -0.39 is 0 Å². The van der Waals surface area contributed by atoms with Crippen molar-refractivity contribution in [3.8, 4) is 0 Å². The molecule has 0 aromatic heterocycles. The van der Waals surface area contributed by atoms with Crippen molar-refractivity contribution in [2.45, 2.75) is 19.9 Å². The number of nitrogens with one attached hydrogen (secondary N) is 1. The van der Waals surface area contributed by atoms with Crippen LogP contribution in [0, 0.1) is 12.8 Å². The molecule has 1 N–H and O–H groups in total. The first kappa shape index (κ1) is 12.1. The Hall–Kier alpha value is -1.35. The van der Waals surface area contributed by atoms with Gasteiger partial charge < -0.3 is 10.2 Å². The number of rotatable bonds is 4. The van der Waals surface area contributed by atoms with E-state index in [-0.39, 0.29) is 5.91 Å². The molecule has 92 valence electrons. The molecule has 0 radical (unpaired) electrons. The highest BCUT2D eigenvalue weighted by molar-refractivity contribution is 5.76. The average molecular weight is 232 g/mol. The van der Waals surface area contributed by atoms with Crippen LogP contribution < -0.4 is 5.32 Å². The van der Waals surface area contributed by atoms with Gasteiger partial charge >= 0.3 is 0 Å². The lowest BCUT2D eigenvalue weighted by atomic mass is 9.98. The van der Waals surface area contributed by atoms with Crippen molar-refractivity contribution >= 4 is 5.91 Å². The minimum atomic E-state index is 0.247. The fourth-order valence-corrected chi connectivity index (χ4v) is 1.95. The van der Waals surface area contributed by atoms with Gasteiger partial charge in [0.1, 0.15) is 0 Å². The van der Waals surface area contributed by atoms with Gasteiger partial charge in [0.25, 0.3) is 0 Å². The first-order valence-electron chi connectivity index (χ1n) is 6.15. The highest BCUT2D eigenvalue weighted by atomic mass is 16.2. The summed E-state index contributed by atoms with van der Waals surface area (Å²) in [6.45, 7) is 4.76. The number of aryl methyl sites for hydroxylation is 1. The Morgan fingerprint density at radius 1 is 1.35 bits per heavy atom. The molecule has 0 spiro atoms. The van der Waals surface area contributed by atoms with Gasteiger partial charge in [-0.3, -0.25) is 4.79 Å². The van der Waals surface area contributed by atoms with Crippen LogP contribution in [0.2, 0.25) is 0 Å². The summed E-state index contributed by atoms with van der Waals surface area (Å²) in [5, 5.41) is 3.19. The SMILES string of the molecule is Cc1ccc(CN(C)C(=O)CC2CNC2)cc1. The standard InChI is InChI=1S/C14H20N2O/c1-11-3-5-12(6-4-11)10-16(2)14(17)7-13-8-15-9-13/h3-6,13,15H,7-10H2,1-2H3. The minimum Gasteiger partial charge on any atom is -0.341 e. The Labute approximate surface area is 103 Å². The second kappa shape index (κ2) is 5.32. The number of nitrogens with zero attached hydrogens (tertiary/aromatic N) is 1. The van der Waals surface area contributed by atoms with E-state index in [1.54, 1.807) is 0 Å². The van der Waals surface area contributed by atoms with E-state index in [1.807, 2.05) is 11.9 Å². The van der Waals surface area contributed by atoms with Crippen LogP contribution in [-0.2, 0) is 11.3 Å². The molecule has 0 unspecified atom stereocenters. The lowest BCUT2D eigenvalue weighted by molar-refractivity contribution is -0.131. The van der Waals surface area contributed by atoms with Gasteiger partial charge in [0.15, 0.2) is 0 Å². The quantitative estimate of drug-likeness (QED) is 0.854. The van der Waals surface area contributed by atoms with Gasteiger partial charge in [0.2, 0.25) is 5.91 Å². The van der Waals surface area contributed by atoms with Crippen molar-refractivity contribution in [3.63, 3.8) is 0 Å². The van der Waals surface area contributed by atoms with E-state index in [0.29, 0.717) is 18.9 Å². The Bertz CT molecular complexity index is 382. The van der Waals surface area contributed by atoms with Crippen molar-refractivity contribution in [1.82, 2.24) is 10.2 Å². The molecular weight excluding hydrogens is 212 g/mol. The number of hydrogen-bond donors (Lipinski definition) is 1. The molecule has 1 fully saturated rings. The molecule has 0 aliphatic carbocycles. The number of carbonyl (C=O) groups is 1. The molecule has 0 atom stereocenters. The predicted octanol–water partition coefficient (Wildman–Crippen LogP) is 1.56. The molecule has 1 aromatic rings. The summed E-state index contributed by atoms with van der Waals surface area (Å²) >= 11 is 0. The zero-order valence-electron chi connectivity index (χ0n) is 10.6. The third-order valence-electron chi connectivity index (χ3n) is 3.30. The molecular formula is C14H20N2O. The van der Waals surface area contributed by atoms with E-state index in [0.717, 1.165) is 13.1 Å². The highest BCUT2D eigenvalue weighted by Crippen LogP contribution is 2.12. The summed E-state index contributed by atoms with van der Waals surface area (Å²) in [5.74, 6) is 0.792. The monoisotopic (exact) mass is 232 g/mol. The van der Waals surface area contributed by atoms with E-state index in [9.17, 15) is 4.79 Å². The van der Waals surface area contributed by atoms with E-state index in [2.05, 4.69) is 36.5 Å². The van der Waals surface area contributed by atoms with E-state index in [4.69, 9.17) is 0 Å². The summed E-state index contributed by atoms with van der Waals surface area (Å²) < 4.78 is 0. The largest absolute Gasteiger partial charge is 0.341 e. The number of benzene rings is 1. The average Bonchev–Trinajstić information content (AvgIpc) is 2.26. The third-order valence-corrected chi connectivity index (χ3v) is 3.30. The molecule has 1 amide bonds. The van der Waals surface area contributed by atoms with Crippen molar-refractivity contribution < 1.29 is 4.79 Å². The number of carbonyl (C=O) groups excluding carboxylic acids is 1. The van der Waals surface area contributed by atoms with Crippen LogP contribution in [0.5, 0.6) is 0 Å². The van der Waals surface area contributed by atoms with E-state index in [1.165, 1.54) is 11.1 Å². The fourth-order valence-electron chi connectivity index (χ4n) is 1.95. The maximum absolute atomic E-state index is 11.9. The minimum absolute atomic E-state index is 0.247.